The van der Waals surface area contributed by atoms with Gasteiger partial charge >= 0.3 is 0 Å². The van der Waals surface area contributed by atoms with Crippen molar-refractivity contribution in [3.05, 3.63) is 30.3 Å². The Morgan fingerprint density at radius 3 is 2.63 bits per heavy atom. The SMILES string of the molecule is Cl.O=C(NCCSc1ccccc1)C1CCNCC1. The second-order valence-electron chi connectivity index (χ2n) is 4.48. The molecule has 0 saturated carbocycles. The average molecular weight is 301 g/mol. The Bertz CT molecular complexity index is 369. The molecule has 19 heavy (non-hydrogen) atoms. The molecule has 0 spiro atoms. The normalized spacial score (nSPS) is 15.6. The number of amides is 1. The number of thioether (sulfide) groups is 1. The second-order valence-corrected chi connectivity index (χ2v) is 5.65. The van der Waals surface area contributed by atoms with Gasteiger partial charge in [0.1, 0.15) is 0 Å². The molecule has 0 atom stereocenters. The molecular weight excluding hydrogens is 280 g/mol. The molecule has 1 aliphatic rings. The third-order valence-corrected chi connectivity index (χ3v) is 4.14. The van der Waals surface area contributed by atoms with Gasteiger partial charge in [-0.1, -0.05) is 18.2 Å². The Kier molecular flexibility index (Phi) is 7.94. The number of hydrogen-bond acceptors (Lipinski definition) is 3. The van der Waals surface area contributed by atoms with E-state index in [1.54, 1.807) is 11.8 Å². The molecule has 0 aromatic heterocycles. The first-order valence-electron chi connectivity index (χ1n) is 6.52. The Morgan fingerprint density at radius 1 is 1.26 bits per heavy atom. The van der Waals surface area contributed by atoms with Gasteiger partial charge in [0.25, 0.3) is 0 Å². The van der Waals surface area contributed by atoms with Crippen LogP contribution < -0.4 is 10.6 Å². The van der Waals surface area contributed by atoms with Crippen molar-refractivity contribution in [2.75, 3.05) is 25.4 Å². The number of carbonyl (C=O) groups excluding carboxylic acids is 1. The van der Waals surface area contributed by atoms with Crippen LogP contribution in [0.1, 0.15) is 12.8 Å². The molecular formula is C14H21ClN2OS. The zero-order valence-corrected chi connectivity index (χ0v) is 12.6. The average Bonchev–Trinajstić information content (AvgIpc) is 2.45. The summed E-state index contributed by atoms with van der Waals surface area (Å²) in [5.74, 6) is 1.37. The number of nitrogens with one attached hydrogen (secondary N) is 2. The highest BCUT2D eigenvalue weighted by molar-refractivity contribution is 7.99. The summed E-state index contributed by atoms with van der Waals surface area (Å²) in [6, 6.07) is 10.3. The Hall–Kier alpha value is -0.710. The van der Waals surface area contributed by atoms with E-state index in [0.29, 0.717) is 0 Å². The molecule has 106 valence electrons. The van der Waals surface area contributed by atoms with Gasteiger partial charge in [-0.05, 0) is 38.1 Å². The smallest absolute Gasteiger partial charge is 0.223 e. The summed E-state index contributed by atoms with van der Waals surface area (Å²) < 4.78 is 0. The van der Waals surface area contributed by atoms with Gasteiger partial charge in [0.2, 0.25) is 5.91 Å². The number of halogens is 1. The zero-order chi connectivity index (χ0) is 12.6. The lowest BCUT2D eigenvalue weighted by molar-refractivity contribution is -0.125. The topological polar surface area (TPSA) is 41.1 Å². The summed E-state index contributed by atoms with van der Waals surface area (Å²) in [6.07, 6.45) is 1.94. The van der Waals surface area contributed by atoms with Gasteiger partial charge in [0, 0.05) is 23.1 Å². The highest BCUT2D eigenvalue weighted by atomic mass is 35.5. The molecule has 1 heterocycles. The van der Waals surface area contributed by atoms with Gasteiger partial charge in [0.05, 0.1) is 0 Å². The largest absolute Gasteiger partial charge is 0.355 e. The Balaban J connectivity index is 0.00000180. The zero-order valence-electron chi connectivity index (χ0n) is 10.9. The van der Waals surface area contributed by atoms with E-state index >= 15 is 0 Å². The first-order valence-corrected chi connectivity index (χ1v) is 7.51. The van der Waals surface area contributed by atoms with Crippen LogP contribution >= 0.6 is 24.2 Å². The predicted octanol–water partition coefficient (Wildman–Crippen LogP) is 2.32. The van der Waals surface area contributed by atoms with Crippen molar-refractivity contribution in [3.63, 3.8) is 0 Å². The molecule has 0 bridgehead atoms. The van der Waals surface area contributed by atoms with Gasteiger partial charge < -0.3 is 10.6 Å². The highest BCUT2D eigenvalue weighted by Crippen LogP contribution is 2.16. The van der Waals surface area contributed by atoms with E-state index in [1.165, 1.54) is 4.90 Å². The summed E-state index contributed by atoms with van der Waals surface area (Å²) in [4.78, 5) is 13.1. The van der Waals surface area contributed by atoms with Crippen molar-refractivity contribution in [3.8, 4) is 0 Å². The van der Waals surface area contributed by atoms with Crippen LogP contribution in [0, 0.1) is 5.92 Å². The fraction of sp³-hybridized carbons (Fsp3) is 0.500. The number of hydrogen-bond donors (Lipinski definition) is 2. The van der Waals surface area contributed by atoms with Crippen molar-refractivity contribution in [2.24, 2.45) is 5.92 Å². The first-order chi connectivity index (χ1) is 8.86. The van der Waals surface area contributed by atoms with Crippen LogP contribution in [0.25, 0.3) is 0 Å². The highest BCUT2D eigenvalue weighted by Gasteiger charge is 2.19. The maximum Gasteiger partial charge on any atom is 0.223 e. The van der Waals surface area contributed by atoms with Gasteiger partial charge in [-0.25, -0.2) is 0 Å². The Labute approximate surface area is 125 Å². The van der Waals surface area contributed by atoms with Crippen molar-refractivity contribution in [1.29, 1.82) is 0 Å². The lowest BCUT2D eigenvalue weighted by Crippen LogP contribution is -2.38. The standard InChI is InChI=1S/C14H20N2OS.ClH/c17-14(12-6-8-15-9-7-12)16-10-11-18-13-4-2-1-3-5-13;/h1-5,12,15H,6-11H2,(H,16,17);1H. The number of rotatable bonds is 5. The molecule has 3 nitrogen and oxygen atoms in total. The maximum absolute atomic E-state index is 11.9. The first kappa shape index (κ1) is 16.3. The van der Waals surface area contributed by atoms with E-state index in [1.807, 2.05) is 18.2 Å². The molecule has 1 saturated heterocycles. The van der Waals surface area contributed by atoms with Gasteiger partial charge in [-0.2, -0.15) is 0 Å². The predicted molar refractivity (Wildman–Crippen MR) is 83.0 cm³/mol. The van der Waals surface area contributed by atoms with Crippen LogP contribution in [-0.4, -0.2) is 31.3 Å². The van der Waals surface area contributed by atoms with E-state index in [9.17, 15) is 4.79 Å². The third-order valence-electron chi connectivity index (χ3n) is 3.12. The van der Waals surface area contributed by atoms with Crippen molar-refractivity contribution < 1.29 is 4.79 Å². The monoisotopic (exact) mass is 300 g/mol. The van der Waals surface area contributed by atoms with Crippen molar-refractivity contribution in [1.82, 2.24) is 10.6 Å². The van der Waals surface area contributed by atoms with Crippen LogP contribution in [0.2, 0.25) is 0 Å². The molecule has 1 fully saturated rings. The van der Waals surface area contributed by atoms with E-state index in [2.05, 4.69) is 22.8 Å². The van der Waals surface area contributed by atoms with Gasteiger partial charge in [-0.15, -0.1) is 24.2 Å². The van der Waals surface area contributed by atoms with Crippen molar-refractivity contribution >= 4 is 30.1 Å². The number of carbonyl (C=O) groups is 1. The minimum absolute atomic E-state index is 0. The maximum atomic E-state index is 11.9. The molecule has 5 heteroatoms. The molecule has 0 aliphatic carbocycles. The molecule has 2 N–H and O–H groups in total. The summed E-state index contributed by atoms with van der Waals surface area (Å²) >= 11 is 1.78. The summed E-state index contributed by atoms with van der Waals surface area (Å²) in [7, 11) is 0. The fourth-order valence-corrected chi connectivity index (χ4v) is 2.88. The van der Waals surface area contributed by atoms with E-state index < -0.39 is 0 Å². The molecule has 0 unspecified atom stereocenters. The third kappa shape index (κ3) is 5.85. The molecule has 1 amide bonds. The Morgan fingerprint density at radius 2 is 1.95 bits per heavy atom. The number of piperidine rings is 1. The molecule has 1 aromatic rings. The molecule has 1 aliphatic heterocycles. The van der Waals surface area contributed by atoms with Crippen LogP contribution in [0.4, 0.5) is 0 Å². The van der Waals surface area contributed by atoms with Crippen LogP contribution in [0.15, 0.2) is 35.2 Å². The van der Waals surface area contributed by atoms with E-state index in [0.717, 1.165) is 38.2 Å². The van der Waals surface area contributed by atoms with Crippen LogP contribution in [0.5, 0.6) is 0 Å². The van der Waals surface area contributed by atoms with Crippen LogP contribution in [0.3, 0.4) is 0 Å². The molecule has 0 radical (unpaired) electrons. The van der Waals surface area contributed by atoms with Crippen LogP contribution in [-0.2, 0) is 4.79 Å². The van der Waals surface area contributed by atoms with Crippen molar-refractivity contribution in [2.45, 2.75) is 17.7 Å². The van der Waals surface area contributed by atoms with E-state index in [4.69, 9.17) is 0 Å². The lowest BCUT2D eigenvalue weighted by atomic mass is 9.97. The van der Waals surface area contributed by atoms with Gasteiger partial charge in [0.15, 0.2) is 0 Å². The molecule has 1 aromatic carbocycles. The fourth-order valence-electron chi connectivity index (χ4n) is 2.09. The summed E-state index contributed by atoms with van der Waals surface area (Å²) in [5.41, 5.74) is 0. The summed E-state index contributed by atoms with van der Waals surface area (Å²) in [6.45, 7) is 2.69. The van der Waals surface area contributed by atoms with Gasteiger partial charge in [-0.3, -0.25) is 4.79 Å². The second kappa shape index (κ2) is 9.23. The molecule has 2 rings (SSSR count). The minimum Gasteiger partial charge on any atom is -0.355 e. The lowest BCUT2D eigenvalue weighted by Gasteiger charge is -2.21. The summed E-state index contributed by atoms with van der Waals surface area (Å²) in [5, 5.41) is 6.31. The minimum atomic E-state index is 0. The number of benzene rings is 1. The quantitative estimate of drug-likeness (QED) is 0.648. The van der Waals surface area contributed by atoms with E-state index in [-0.39, 0.29) is 24.2 Å².